The van der Waals surface area contributed by atoms with Gasteiger partial charge in [-0.2, -0.15) is 0 Å². The molecule has 0 saturated heterocycles. The van der Waals surface area contributed by atoms with E-state index in [4.69, 9.17) is 23.4 Å². The van der Waals surface area contributed by atoms with Crippen LogP contribution in [0.1, 0.15) is 90.7 Å². The molecule has 10 nitrogen and oxygen atoms in total. The second-order valence-electron chi connectivity index (χ2n) is 16.0. The number of carbonyl (C=O) groups is 3. The number of allylic oxidation sites excluding steroid dienone is 1. The van der Waals surface area contributed by atoms with Gasteiger partial charge in [0.05, 0.1) is 12.3 Å². The lowest BCUT2D eigenvalue weighted by Crippen LogP contribution is -2.43. The molecule has 5 aromatic rings. The normalized spacial score (nSPS) is 14.5. The van der Waals surface area contributed by atoms with Crippen LogP contribution in [0.25, 0.3) is 27.9 Å². The quantitative estimate of drug-likeness (QED) is 0.109. The van der Waals surface area contributed by atoms with Crippen molar-refractivity contribution in [1.82, 2.24) is 9.88 Å². The largest absolute Gasteiger partial charge is 0.460 e. The van der Waals surface area contributed by atoms with E-state index in [1.54, 1.807) is 46.4 Å². The first kappa shape index (κ1) is 39.1. The Labute approximate surface area is 322 Å². The van der Waals surface area contributed by atoms with Crippen LogP contribution in [0.2, 0.25) is 0 Å². The van der Waals surface area contributed by atoms with Crippen molar-refractivity contribution in [3.05, 3.63) is 108 Å². The molecule has 0 radical (unpaired) electrons. The lowest BCUT2D eigenvalue weighted by Gasteiger charge is -2.36. The van der Waals surface area contributed by atoms with Gasteiger partial charge in [-0.1, -0.05) is 60.7 Å². The van der Waals surface area contributed by atoms with Crippen molar-refractivity contribution in [1.29, 1.82) is 0 Å². The summed E-state index contributed by atoms with van der Waals surface area (Å²) in [6.07, 6.45) is 3.81. The van der Waals surface area contributed by atoms with Crippen LogP contribution in [0.4, 0.5) is 0 Å². The number of ether oxygens (including phenoxy) is 4. The van der Waals surface area contributed by atoms with Crippen LogP contribution < -0.4 is 9.47 Å². The van der Waals surface area contributed by atoms with Gasteiger partial charge in [0.25, 0.3) is 0 Å². The van der Waals surface area contributed by atoms with Crippen LogP contribution >= 0.6 is 0 Å². The molecule has 2 unspecified atom stereocenters. The van der Waals surface area contributed by atoms with Crippen molar-refractivity contribution >= 4 is 45.8 Å². The molecular weight excluding hydrogens is 697 g/mol. The number of rotatable bonds is 13. The van der Waals surface area contributed by atoms with E-state index >= 15 is 0 Å². The highest BCUT2D eigenvalue weighted by atomic mass is 16.7. The van der Waals surface area contributed by atoms with Crippen LogP contribution in [-0.2, 0) is 30.4 Å². The molecule has 1 aromatic heterocycles. The minimum atomic E-state index is -1.06. The molecule has 1 aliphatic heterocycles. The second-order valence-corrected chi connectivity index (χ2v) is 16.0. The molecule has 4 aromatic carbocycles. The fourth-order valence-corrected chi connectivity index (χ4v) is 6.78. The number of oxazole rings is 1. The number of carbonyl (C=O) groups excluding carboxylic acids is 3. The summed E-state index contributed by atoms with van der Waals surface area (Å²) in [7, 11) is 0. The maximum absolute atomic E-state index is 14.8. The van der Waals surface area contributed by atoms with Gasteiger partial charge >= 0.3 is 11.9 Å². The summed E-state index contributed by atoms with van der Waals surface area (Å²) in [6.45, 7) is 13.0. The van der Waals surface area contributed by atoms with E-state index in [-0.39, 0.29) is 38.0 Å². The molecular formula is C45H50N2O8. The van der Waals surface area contributed by atoms with Gasteiger partial charge in [-0.05, 0) is 113 Å². The highest BCUT2D eigenvalue weighted by Crippen LogP contribution is 2.38. The Bertz CT molecular complexity index is 2160. The maximum Gasteiger partial charge on any atom is 0.310 e. The van der Waals surface area contributed by atoms with Crippen LogP contribution in [0.3, 0.4) is 0 Å². The second kappa shape index (κ2) is 16.4. The summed E-state index contributed by atoms with van der Waals surface area (Å²) in [6, 6.07) is 27.2. The molecule has 288 valence electrons. The molecule has 0 aliphatic carbocycles. The number of para-hydroxylation sites is 2. The summed E-state index contributed by atoms with van der Waals surface area (Å²) in [5.41, 5.74) is 1.73. The number of esters is 2. The van der Waals surface area contributed by atoms with Crippen molar-refractivity contribution < 1.29 is 37.7 Å². The van der Waals surface area contributed by atoms with Gasteiger partial charge in [0.2, 0.25) is 18.6 Å². The third-order valence-electron chi connectivity index (χ3n) is 9.34. The topological polar surface area (TPSA) is 117 Å². The van der Waals surface area contributed by atoms with Gasteiger partial charge in [-0.3, -0.25) is 14.4 Å². The summed E-state index contributed by atoms with van der Waals surface area (Å²) in [5.74, 6) is -1.04. The Morgan fingerprint density at radius 1 is 0.818 bits per heavy atom. The van der Waals surface area contributed by atoms with Crippen molar-refractivity contribution in [2.75, 3.05) is 6.79 Å². The fourth-order valence-electron chi connectivity index (χ4n) is 6.78. The zero-order valence-electron chi connectivity index (χ0n) is 32.7. The first-order valence-electron chi connectivity index (χ1n) is 18.8. The molecule has 0 bridgehead atoms. The third kappa shape index (κ3) is 10.3. The van der Waals surface area contributed by atoms with E-state index in [1.165, 1.54) is 0 Å². The Kier molecular flexibility index (Phi) is 11.6. The van der Waals surface area contributed by atoms with Gasteiger partial charge in [0.15, 0.2) is 17.1 Å². The number of fused-ring (bicyclic) bond motifs is 3. The Hall–Kier alpha value is -5.64. The van der Waals surface area contributed by atoms with Gasteiger partial charge in [0, 0.05) is 24.9 Å². The minimum absolute atomic E-state index is 0.132. The van der Waals surface area contributed by atoms with E-state index in [9.17, 15) is 14.4 Å². The lowest BCUT2D eigenvalue weighted by atomic mass is 9.87. The van der Waals surface area contributed by atoms with Gasteiger partial charge in [0.1, 0.15) is 16.7 Å². The average Bonchev–Trinajstić information content (AvgIpc) is 3.77. The summed E-state index contributed by atoms with van der Waals surface area (Å²) in [4.78, 5) is 48.0. The van der Waals surface area contributed by atoms with E-state index < -0.39 is 35.1 Å². The summed E-state index contributed by atoms with van der Waals surface area (Å²) < 4.78 is 28.7. The monoisotopic (exact) mass is 746 g/mol. The molecule has 0 N–H and O–H groups in total. The van der Waals surface area contributed by atoms with Crippen molar-refractivity contribution in [3.8, 4) is 11.5 Å². The van der Waals surface area contributed by atoms with E-state index in [0.717, 1.165) is 27.4 Å². The summed E-state index contributed by atoms with van der Waals surface area (Å²) in [5, 5.41) is 2.13. The molecule has 1 aliphatic rings. The first-order valence-corrected chi connectivity index (χ1v) is 18.8. The van der Waals surface area contributed by atoms with Crippen LogP contribution in [0.15, 0.2) is 95.4 Å². The number of nitrogens with zero attached hydrogens (tertiary/aromatic N) is 2. The molecule has 55 heavy (non-hydrogen) atoms. The zero-order valence-corrected chi connectivity index (χ0v) is 32.7. The number of hydrogen-bond donors (Lipinski definition) is 0. The number of benzene rings is 4. The third-order valence-corrected chi connectivity index (χ3v) is 9.34. The highest BCUT2D eigenvalue weighted by Gasteiger charge is 2.36. The average molecular weight is 747 g/mol. The molecule has 6 rings (SSSR count). The van der Waals surface area contributed by atoms with Gasteiger partial charge < -0.3 is 28.3 Å². The SMILES string of the molecule is CC(C(CC=Cc1nc2ccccc2o1)c1ccc2c(c1)OCO2)N(Cc1ccc2ccccc2c1)C(=O)C[C@H](CC(=O)OC(C)(C)C)C(=O)OC(C)(C)C. The molecule has 2 heterocycles. The Morgan fingerprint density at radius 3 is 2.27 bits per heavy atom. The van der Waals surface area contributed by atoms with Crippen molar-refractivity contribution in [2.45, 2.75) is 97.4 Å². The summed E-state index contributed by atoms with van der Waals surface area (Å²) >= 11 is 0. The van der Waals surface area contributed by atoms with Crippen LogP contribution in [-0.4, -0.2) is 51.8 Å². The highest BCUT2D eigenvalue weighted by molar-refractivity contribution is 5.87. The van der Waals surface area contributed by atoms with Crippen LogP contribution in [0, 0.1) is 5.92 Å². The number of hydrogen-bond acceptors (Lipinski definition) is 9. The van der Waals surface area contributed by atoms with Crippen molar-refractivity contribution in [2.24, 2.45) is 5.92 Å². The van der Waals surface area contributed by atoms with E-state index in [1.807, 2.05) is 97.9 Å². The molecule has 0 spiro atoms. The molecule has 10 heteroatoms. The zero-order chi connectivity index (χ0) is 39.3. The number of aromatic nitrogens is 1. The minimum Gasteiger partial charge on any atom is -0.460 e. The first-order chi connectivity index (χ1) is 26.1. The van der Waals surface area contributed by atoms with E-state index in [0.29, 0.717) is 29.4 Å². The Balaban J connectivity index is 1.36. The smallest absolute Gasteiger partial charge is 0.310 e. The molecule has 1 amide bonds. The maximum atomic E-state index is 14.8. The fraction of sp³-hybridized carbons (Fsp3) is 0.378. The predicted octanol–water partition coefficient (Wildman–Crippen LogP) is 9.39. The molecule has 0 fully saturated rings. The number of amides is 1. The van der Waals surface area contributed by atoms with Crippen LogP contribution in [0.5, 0.6) is 11.5 Å². The predicted molar refractivity (Wildman–Crippen MR) is 211 cm³/mol. The molecule has 3 atom stereocenters. The van der Waals surface area contributed by atoms with Crippen molar-refractivity contribution in [3.63, 3.8) is 0 Å². The standard InChI is InChI=1S/C45H50N2O8/c1-29(35(33-21-22-38-39(24-33)52-28-51-38)15-12-18-40-46-36-16-10-11-17-37(36)53-40)47(27-30-19-20-31-13-8-9-14-32(31)23-30)41(48)25-34(43(50)55-45(5,6)7)26-42(49)54-44(2,3)4/h8-14,16-24,29,34-35H,15,25-28H2,1-7H3/t29?,34-,35?/m1/s1. The Morgan fingerprint density at radius 2 is 1.53 bits per heavy atom. The lowest BCUT2D eigenvalue weighted by molar-refractivity contribution is -0.168. The molecule has 0 saturated carbocycles. The van der Waals surface area contributed by atoms with E-state index in [2.05, 4.69) is 11.1 Å². The van der Waals surface area contributed by atoms with Gasteiger partial charge in [-0.25, -0.2) is 4.98 Å². The van der Waals surface area contributed by atoms with Gasteiger partial charge in [-0.15, -0.1) is 0 Å².